The molecule has 0 aliphatic carbocycles. The summed E-state index contributed by atoms with van der Waals surface area (Å²) >= 11 is 0. The summed E-state index contributed by atoms with van der Waals surface area (Å²) in [6.45, 7) is 1.19. The van der Waals surface area contributed by atoms with Gasteiger partial charge in [0.05, 0.1) is 12.8 Å². The second kappa shape index (κ2) is 7.08. The van der Waals surface area contributed by atoms with Gasteiger partial charge in [0.2, 0.25) is 5.91 Å². The molecule has 1 atom stereocenters. The fraction of sp³-hybridized carbons (Fsp3) is 0.467. The summed E-state index contributed by atoms with van der Waals surface area (Å²) in [5, 5.41) is 11.9. The van der Waals surface area contributed by atoms with Crippen LogP contribution in [0.2, 0.25) is 0 Å². The van der Waals surface area contributed by atoms with Crippen LogP contribution in [0.4, 0.5) is 5.69 Å². The number of nitrogens with one attached hydrogen (secondary N) is 1. The first-order chi connectivity index (χ1) is 10.1. The van der Waals surface area contributed by atoms with E-state index in [1.54, 1.807) is 19.2 Å². The van der Waals surface area contributed by atoms with E-state index in [9.17, 15) is 9.59 Å². The molecule has 21 heavy (non-hydrogen) atoms. The SMILES string of the molecule is COc1ccccc1NC(=O)CCN1CCCC1C(=O)O. The van der Waals surface area contributed by atoms with Crippen molar-refractivity contribution >= 4 is 17.6 Å². The number of nitrogens with zero attached hydrogens (tertiary/aromatic N) is 1. The molecule has 1 amide bonds. The van der Waals surface area contributed by atoms with Gasteiger partial charge in [-0.15, -0.1) is 0 Å². The number of ether oxygens (including phenoxy) is 1. The number of carbonyl (C=O) groups excluding carboxylic acids is 1. The molecular formula is C15H20N2O4. The molecule has 6 heteroatoms. The number of para-hydroxylation sites is 2. The lowest BCUT2D eigenvalue weighted by atomic mass is 10.2. The molecule has 1 unspecified atom stereocenters. The number of methoxy groups -OCH3 is 1. The third-order valence-electron chi connectivity index (χ3n) is 3.66. The standard InChI is InChI=1S/C15H20N2O4/c1-21-13-7-3-2-5-11(13)16-14(18)8-10-17-9-4-6-12(17)15(19)20/h2-3,5,7,12H,4,6,8-10H2,1H3,(H,16,18)(H,19,20). The monoisotopic (exact) mass is 292 g/mol. The lowest BCUT2D eigenvalue weighted by Crippen LogP contribution is -2.37. The van der Waals surface area contributed by atoms with Gasteiger partial charge < -0.3 is 15.2 Å². The molecule has 114 valence electrons. The fourth-order valence-electron chi connectivity index (χ4n) is 2.58. The third kappa shape index (κ3) is 3.95. The molecule has 2 rings (SSSR count). The summed E-state index contributed by atoms with van der Waals surface area (Å²) in [6, 6.07) is 6.74. The quantitative estimate of drug-likeness (QED) is 0.832. The van der Waals surface area contributed by atoms with Crippen molar-refractivity contribution in [3.63, 3.8) is 0 Å². The number of carbonyl (C=O) groups is 2. The minimum atomic E-state index is -0.808. The number of rotatable bonds is 6. The summed E-state index contributed by atoms with van der Waals surface area (Å²) in [5.74, 6) is -0.344. The van der Waals surface area contributed by atoms with Crippen LogP contribution in [0.25, 0.3) is 0 Å². The molecule has 1 saturated heterocycles. The lowest BCUT2D eigenvalue weighted by molar-refractivity contribution is -0.142. The first-order valence-corrected chi connectivity index (χ1v) is 7.01. The summed E-state index contributed by atoms with van der Waals surface area (Å²) in [6.07, 6.45) is 1.79. The first-order valence-electron chi connectivity index (χ1n) is 7.01. The Balaban J connectivity index is 1.86. The van der Waals surface area contributed by atoms with Crippen LogP contribution in [0.5, 0.6) is 5.75 Å². The van der Waals surface area contributed by atoms with E-state index in [-0.39, 0.29) is 12.3 Å². The van der Waals surface area contributed by atoms with Gasteiger partial charge in [0.1, 0.15) is 11.8 Å². The molecule has 0 bridgehead atoms. The second-order valence-electron chi connectivity index (χ2n) is 5.03. The third-order valence-corrected chi connectivity index (χ3v) is 3.66. The average Bonchev–Trinajstić information content (AvgIpc) is 2.94. The maximum Gasteiger partial charge on any atom is 0.320 e. The predicted octanol–water partition coefficient (Wildman–Crippen LogP) is 1.57. The number of carboxylic acid groups (broad SMARTS) is 1. The molecule has 0 aromatic heterocycles. The molecule has 2 N–H and O–H groups in total. The molecule has 1 aliphatic heterocycles. The van der Waals surface area contributed by atoms with E-state index in [2.05, 4.69) is 5.32 Å². The van der Waals surface area contributed by atoms with Gasteiger partial charge in [0.15, 0.2) is 0 Å². The number of amides is 1. The zero-order valence-electron chi connectivity index (χ0n) is 12.0. The maximum absolute atomic E-state index is 12.0. The van der Waals surface area contributed by atoms with Crippen LogP contribution in [0.1, 0.15) is 19.3 Å². The zero-order valence-corrected chi connectivity index (χ0v) is 12.0. The molecule has 6 nitrogen and oxygen atoms in total. The van der Waals surface area contributed by atoms with Crippen molar-refractivity contribution in [2.24, 2.45) is 0 Å². The predicted molar refractivity (Wildman–Crippen MR) is 78.5 cm³/mol. The smallest absolute Gasteiger partial charge is 0.320 e. The molecule has 1 aromatic carbocycles. The Kier molecular flexibility index (Phi) is 5.16. The first kappa shape index (κ1) is 15.3. The Morgan fingerprint density at radius 1 is 1.43 bits per heavy atom. The number of aliphatic carboxylic acids is 1. The van der Waals surface area contributed by atoms with Gasteiger partial charge >= 0.3 is 5.97 Å². The molecule has 0 spiro atoms. The summed E-state index contributed by atoms with van der Waals surface area (Å²) in [7, 11) is 1.55. The van der Waals surface area contributed by atoms with E-state index in [0.717, 1.165) is 13.0 Å². The van der Waals surface area contributed by atoms with Gasteiger partial charge in [-0.05, 0) is 31.5 Å². The van der Waals surface area contributed by atoms with E-state index in [1.807, 2.05) is 17.0 Å². The van der Waals surface area contributed by atoms with Crippen LogP contribution >= 0.6 is 0 Å². The van der Waals surface area contributed by atoms with Crippen LogP contribution in [0.3, 0.4) is 0 Å². The summed E-state index contributed by atoms with van der Waals surface area (Å²) in [4.78, 5) is 24.9. The number of likely N-dealkylation sites (tertiary alicyclic amines) is 1. The van der Waals surface area contributed by atoms with E-state index in [4.69, 9.17) is 9.84 Å². The minimum absolute atomic E-state index is 0.143. The van der Waals surface area contributed by atoms with Gasteiger partial charge in [0.25, 0.3) is 0 Å². The van der Waals surface area contributed by atoms with Gasteiger partial charge in [0, 0.05) is 13.0 Å². The van der Waals surface area contributed by atoms with Crippen molar-refractivity contribution in [3.8, 4) is 5.75 Å². The Morgan fingerprint density at radius 3 is 2.90 bits per heavy atom. The van der Waals surface area contributed by atoms with E-state index in [1.165, 1.54) is 0 Å². The maximum atomic E-state index is 12.0. The highest BCUT2D eigenvalue weighted by Crippen LogP contribution is 2.23. The number of carboxylic acids is 1. The van der Waals surface area contributed by atoms with Crippen molar-refractivity contribution in [2.75, 3.05) is 25.5 Å². The molecule has 1 aromatic rings. The van der Waals surface area contributed by atoms with Crippen LogP contribution in [-0.2, 0) is 9.59 Å². The van der Waals surface area contributed by atoms with E-state index in [0.29, 0.717) is 24.4 Å². The van der Waals surface area contributed by atoms with Crippen LogP contribution in [-0.4, -0.2) is 48.1 Å². The van der Waals surface area contributed by atoms with E-state index < -0.39 is 12.0 Å². The average molecular weight is 292 g/mol. The molecular weight excluding hydrogens is 272 g/mol. The molecule has 1 fully saturated rings. The normalized spacial score (nSPS) is 18.4. The zero-order chi connectivity index (χ0) is 15.2. The lowest BCUT2D eigenvalue weighted by Gasteiger charge is -2.20. The number of hydrogen-bond donors (Lipinski definition) is 2. The van der Waals surface area contributed by atoms with Crippen molar-refractivity contribution in [1.29, 1.82) is 0 Å². The number of anilines is 1. The number of benzene rings is 1. The van der Waals surface area contributed by atoms with Crippen LogP contribution < -0.4 is 10.1 Å². The highest BCUT2D eigenvalue weighted by Gasteiger charge is 2.30. The number of hydrogen-bond acceptors (Lipinski definition) is 4. The molecule has 1 aliphatic rings. The van der Waals surface area contributed by atoms with Crippen molar-refractivity contribution in [3.05, 3.63) is 24.3 Å². The van der Waals surface area contributed by atoms with Gasteiger partial charge in [-0.2, -0.15) is 0 Å². The summed E-state index contributed by atoms with van der Waals surface area (Å²) in [5.41, 5.74) is 0.626. The molecule has 0 saturated carbocycles. The molecule has 1 heterocycles. The Hall–Kier alpha value is -2.08. The van der Waals surface area contributed by atoms with Crippen molar-refractivity contribution < 1.29 is 19.4 Å². The fourth-order valence-corrected chi connectivity index (χ4v) is 2.58. The highest BCUT2D eigenvalue weighted by atomic mass is 16.5. The van der Waals surface area contributed by atoms with Gasteiger partial charge in [-0.1, -0.05) is 12.1 Å². The Labute approximate surface area is 123 Å². The van der Waals surface area contributed by atoms with Crippen LogP contribution in [0.15, 0.2) is 24.3 Å². The van der Waals surface area contributed by atoms with Crippen molar-refractivity contribution in [1.82, 2.24) is 4.90 Å². The van der Waals surface area contributed by atoms with Gasteiger partial charge in [-0.3, -0.25) is 14.5 Å². The van der Waals surface area contributed by atoms with Gasteiger partial charge in [-0.25, -0.2) is 0 Å². The van der Waals surface area contributed by atoms with E-state index >= 15 is 0 Å². The topological polar surface area (TPSA) is 78.9 Å². The Morgan fingerprint density at radius 2 is 2.19 bits per heavy atom. The summed E-state index contributed by atoms with van der Waals surface area (Å²) < 4.78 is 5.17. The minimum Gasteiger partial charge on any atom is -0.495 e. The highest BCUT2D eigenvalue weighted by molar-refractivity contribution is 5.92. The largest absolute Gasteiger partial charge is 0.495 e. The van der Waals surface area contributed by atoms with Crippen molar-refractivity contribution in [2.45, 2.75) is 25.3 Å². The molecule has 0 radical (unpaired) electrons. The van der Waals surface area contributed by atoms with Crippen LogP contribution in [0, 0.1) is 0 Å². The Bertz CT molecular complexity index is 518. The second-order valence-corrected chi connectivity index (χ2v) is 5.03.